The summed E-state index contributed by atoms with van der Waals surface area (Å²) in [6.07, 6.45) is 4.02. The SMILES string of the molecule is O=[N+]([O-])c1cc(F)c(N2CCc3ccccc3C2)cc1N1CCCCC1. The van der Waals surface area contributed by atoms with E-state index in [1.807, 2.05) is 21.9 Å². The summed E-state index contributed by atoms with van der Waals surface area (Å²) in [7, 11) is 0. The number of hydrogen-bond acceptors (Lipinski definition) is 4. The van der Waals surface area contributed by atoms with Crippen LogP contribution in [-0.2, 0) is 13.0 Å². The first-order valence-corrected chi connectivity index (χ1v) is 9.18. The number of anilines is 2. The van der Waals surface area contributed by atoms with Gasteiger partial charge in [0.05, 0.1) is 16.7 Å². The van der Waals surface area contributed by atoms with Crippen molar-refractivity contribution in [3.63, 3.8) is 0 Å². The number of nitro groups is 1. The maximum absolute atomic E-state index is 14.8. The van der Waals surface area contributed by atoms with Crippen molar-refractivity contribution in [3.8, 4) is 0 Å². The van der Waals surface area contributed by atoms with Gasteiger partial charge in [0.1, 0.15) is 5.69 Å². The second-order valence-corrected chi connectivity index (χ2v) is 7.04. The smallest absolute Gasteiger partial charge is 0.295 e. The van der Waals surface area contributed by atoms with Crippen LogP contribution in [0.15, 0.2) is 36.4 Å². The Morgan fingerprint density at radius 1 is 0.923 bits per heavy atom. The Balaban J connectivity index is 1.71. The summed E-state index contributed by atoms with van der Waals surface area (Å²) in [5.41, 5.74) is 3.36. The van der Waals surface area contributed by atoms with Crippen LogP contribution in [-0.4, -0.2) is 24.6 Å². The van der Waals surface area contributed by atoms with Gasteiger partial charge in [-0.2, -0.15) is 0 Å². The zero-order valence-electron chi connectivity index (χ0n) is 14.7. The molecule has 0 aromatic heterocycles. The molecule has 0 saturated carbocycles. The number of nitro benzene ring substituents is 1. The van der Waals surface area contributed by atoms with Crippen LogP contribution >= 0.6 is 0 Å². The fourth-order valence-electron chi connectivity index (χ4n) is 4.02. The minimum atomic E-state index is -0.517. The molecule has 0 spiro atoms. The van der Waals surface area contributed by atoms with Crippen LogP contribution in [0.1, 0.15) is 30.4 Å². The van der Waals surface area contributed by atoms with Gasteiger partial charge < -0.3 is 9.80 Å². The summed E-state index contributed by atoms with van der Waals surface area (Å²) in [6, 6.07) is 11.0. The molecule has 2 aliphatic heterocycles. The van der Waals surface area contributed by atoms with Gasteiger partial charge in [0.15, 0.2) is 5.82 Å². The zero-order valence-corrected chi connectivity index (χ0v) is 14.7. The highest BCUT2D eigenvalue weighted by atomic mass is 19.1. The van der Waals surface area contributed by atoms with Gasteiger partial charge in [-0.25, -0.2) is 4.39 Å². The van der Waals surface area contributed by atoms with Crippen LogP contribution < -0.4 is 9.80 Å². The number of piperidine rings is 1. The maximum Gasteiger partial charge on any atom is 0.295 e. The summed E-state index contributed by atoms with van der Waals surface area (Å²) in [5.74, 6) is -0.517. The van der Waals surface area contributed by atoms with E-state index in [2.05, 4.69) is 12.1 Å². The molecule has 0 atom stereocenters. The number of halogens is 1. The monoisotopic (exact) mass is 355 g/mol. The molecule has 4 rings (SSSR count). The van der Waals surface area contributed by atoms with Crippen LogP contribution in [0.2, 0.25) is 0 Å². The molecule has 0 aliphatic carbocycles. The number of fused-ring (bicyclic) bond motifs is 1. The Bertz CT molecular complexity index is 834. The van der Waals surface area contributed by atoms with E-state index in [1.54, 1.807) is 6.07 Å². The van der Waals surface area contributed by atoms with Gasteiger partial charge in [0.2, 0.25) is 0 Å². The Labute approximate surface area is 152 Å². The van der Waals surface area contributed by atoms with Crippen molar-refractivity contribution in [2.24, 2.45) is 0 Å². The highest BCUT2D eigenvalue weighted by molar-refractivity contribution is 5.71. The Morgan fingerprint density at radius 2 is 1.65 bits per heavy atom. The molecule has 5 nitrogen and oxygen atoms in total. The first-order chi connectivity index (χ1) is 12.6. The van der Waals surface area contributed by atoms with Crippen molar-refractivity contribution in [2.75, 3.05) is 29.4 Å². The van der Waals surface area contributed by atoms with Crippen molar-refractivity contribution < 1.29 is 9.31 Å². The van der Waals surface area contributed by atoms with E-state index in [-0.39, 0.29) is 5.69 Å². The second-order valence-electron chi connectivity index (χ2n) is 7.04. The zero-order chi connectivity index (χ0) is 18.1. The van der Waals surface area contributed by atoms with Crippen LogP contribution in [0.4, 0.5) is 21.5 Å². The molecule has 26 heavy (non-hydrogen) atoms. The molecule has 0 N–H and O–H groups in total. The van der Waals surface area contributed by atoms with Crippen molar-refractivity contribution in [1.29, 1.82) is 0 Å². The average molecular weight is 355 g/mol. The third-order valence-corrected chi connectivity index (χ3v) is 5.41. The van der Waals surface area contributed by atoms with Gasteiger partial charge in [-0.1, -0.05) is 24.3 Å². The predicted octanol–water partition coefficient (Wildman–Crippen LogP) is 4.29. The van der Waals surface area contributed by atoms with Crippen molar-refractivity contribution >= 4 is 17.1 Å². The minimum absolute atomic E-state index is 0.134. The maximum atomic E-state index is 14.8. The molecular weight excluding hydrogens is 333 g/mol. The lowest BCUT2D eigenvalue weighted by molar-refractivity contribution is -0.384. The average Bonchev–Trinajstić information content (AvgIpc) is 2.68. The van der Waals surface area contributed by atoms with Gasteiger partial charge in [0.25, 0.3) is 5.69 Å². The van der Waals surface area contributed by atoms with E-state index in [9.17, 15) is 14.5 Å². The molecule has 0 bridgehead atoms. The van der Waals surface area contributed by atoms with Gasteiger partial charge >= 0.3 is 0 Å². The lowest BCUT2D eigenvalue weighted by atomic mass is 9.99. The van der Waals surface area contributed by atoms with E-state index in [4.69, 9.17) is 0 Å². The van der Waals surface area contributed by atoms with Crippen molar-refractivity contribution in [2.45, 2.75) is 32.2 Å². The molecule has 0 amide bonds. The van der Waals surface area contributed by atoms with Gasteiger partial charge in [-0.05, 0) is 42.9 Å². The number of nitrogens with zero attached hydrogens (tertiary/aromatic N) is 3. The summed E-state index contributed by atoms with van der Waals surface area (Å²) >= 11 is 0. The van der Waals surface area contributed by atoms with E-state index in [1.165, 1.54) is 11.1 Å². The van der Waals surface area contributed by atoms with Crippen LogP contribution in [0.5, 0.6) is 0 Å². The van der Waals surface area contributed by atoms with Crippen LogP contribution in [0, 0.1) is 15.9 Å². The van der Waals surface area contributed by atoms with E-state index in [0.29, 0.717) is 24.5 Å². The third kappa shape index (κ3) is 3.11. The normalized spacial score (nSPS) is 17.1. The standard InChI is InChI=1S/C20H22FN3O2/c21-17-12-20(24(25)26)19(22-9-4-1-5-10-22)13-18(17)23-11-8-15-6-2-3-7-16(15)14-23/h2-3,6-7,12-13H,1,4-5,8-11,14H2. The lowest BCUT2D eigenvalue weighted by Crippen LogP contribution is -2.33. The molecule has 1 fully saturated rings. The topological polar surface area (TPSA) is 49.6 Å². The number of rotatable bonds is 3. The quantitative estimate of drug-likeness (QED) is 0.609. The summed E-state index contributed by atoms with van der Waals surface area (Å²) in [5, 5.41) is 11.5. The Kier molecular flexibility index (Phi) is 4.49. The summed E-state index contributed by atoms with van der Waals surface area (Å²) < 4.78 is 14.8. The minimum Gasteiger partial charge on any atom is -0.366 e. The second kappa shape index (κ2) is 6.94. The van der Waals surface area contributed by atoms with Crippen molar-refractivity contribution in [1.82, 2.24) is 0 Å². The van der Waals surface area contributed by atoms with Crippen molar-refractivity contribution in [3.05, 3.63) is 63.5 Å². The van der Waals surface area contributed by atoms with Gasteiger partial charge in [-0.15, -0.1) is 0 Å². The molecule has 2 aliphatic rings. The first-order valence-electron chi connectivity index (χ1n) is 9.18. The molecular formula is C20H22FN3O2. The van der Waals surface area contributed by atoms with Crippen LogP contribution in [0.25, 0.3) is 0 Å². The fraction of sp³-hybridized carbons (Fsp3) is 0.400. The van der Waals surface area contributed by atoms with E-state index < -0.39 is 10.7 Å². The van der Waals surface area contributed by atoms with Crippen LogP contribution in [0.3, 0.4) is 0 Å². The largest absolute Gasteiger partial charge is 0.366 e. The highest BCUT2D eigenvalue weighted by Gasteiger charge is 2.27. The molecule has 2 aromatic rings. The molecule has 0 unspecified atom stereocenters. The molecule has 6 heteroatoms. The lowest BCUT2D eigenvalue weighted by Gasteiger charge is -2.33. The van der Waals surface area contributed by atoms with Gasteiger partial charge in [-0.3, -0.25) is 10.1 Å². The Morgan fingerprint density at radius 3 is 2.38 bits per heavy atom. The van der Waals surface area contributed by atoms with Gasteiger partial charge in [0, 0.05) is 26.2 Å². The predicted molar refractivity (Wildman–Crippen MR) is 100 cm³/mol. The molecule has 1 saturated heterocycles. The Hall–Kier alpha value is -2.63. The molecule has 0 radical (unpaired) electrons. The summed E-state index contributed by atoms with van der Waals surface area (Å²) in [4.78, 5) is 15.0. The molecule has 2 heterocycles. The highest BCUT2D eigenvalue weighted by Crippen LogP contribution is 2.37. The van der Waals surface area contributed by atoms with E-state index in [0.717, 1.165) is 44.8 Å². The molecule has 136 valence electrons. The third-order valence-electron chi connectivity index (χ3n) is 5.41. The number of benzene rings is 2. The first kappa shape index (κ1) is 16.8. The fourth-order valence-corrected chi connectivity index (χ4v) is 4.02. The number of hydrogen-bond donors (Lipinski definition) is 0. The molecule has 2 aromatic carbocycles. The van der Waals surface area contributed by atoms with E-state index >= 15 is 0 Å². The summed E-state index contributed by atoms with van der Waals surface area (Å²) in [6.45, 7) is 2.92.